The van der Waals surface area contributed by atoms with Crippen LogP contribution < -0.4 is 41.0 Å². The molecule has 0 unspecified atom stereocenters. The molecule has 10 rings (SSSR count). The Balaban J connectivity index is 0.000000200. The minimum atomic E-state index is -0.370. The zero-order valence-corrected chi connectivity index (χ0v) is 50.1. The number of carbonyl (C=O) groups is 2. The lowest BCUT2D eigenvalue weighted by molar-refractivity contribution is -0.112. The van der Waals surface area contributed by atoms with E-state index in [0.29, 0.717) is 86.6 Å². The van der Waals surface area contributed by atoms with E-state index in [4.69, 9.17) is 48.4 Å². The average Bonchev–Trinajstić information content (AvgIpc) is 2.14. The van der Waals surface area contributed by atoms with Gasteiger partial charge in [0.1, 0.15) is 23.6 Å². The first-order chi connectivity index (χ1) is 40.5. The number of halogens is 2. The van der Waals surface area contributed by atoms with Gasteiger partial charge in [-0.1, -0.05) is 43.0 Å². The van der Waals surface area contributed by atoms with Gasteiger partial charge in [0.05, 0.1) is 83.3 Å². The highest BCUT2D eigenvalue weighted by Crippen LogP contribution is 2.44. The van der Waals surface area contributed by atoms with Crippen LogP contribution in [0.25, 0.3) is 44.3 Å². The van der Waals surface area contributed by atoms with Crippen molar-refractivity contribution in [2.24, 2.45) is 0 Å². The predicted molar refractivity (Wildman–Crippen MR) is 338 cm³/mol. The molecule has 436 valence electrons. The first kappa shape index (κ1) is 61.2. The second-order valence-electron chi connectivity index (χ2n) is 20.9. The van der Waals surface area contributed by atoms with Gasteiger partial charge in [0.15, 0.2) is 0 Å². The molecule has 1 amide bonds. The van der Waals surface area contributed by atoms with Crippen molar-refractivity contribution in [3.63, 3.8) is 0 Å². The van der Waals surface area contributed by atoms with E-state index in [2.05, 4.69) is 110 Å². The Labute approximate surface area is 500 Å². The molecule has 0 saturated heterocycles. The molecule has 0 atom stereocenters. The van der Waals surface area contributed by atoms with Gasteiger partial charge in [0.25, 0.3) is 0 Å². The number of carbonyl (C=O) groups excluding carboxylic acids is 2. The minimum absolute atomic E-state index is 0.267. The summed E-state index contributed by atoms with van der Waals surface area (Å²) >= 11 is 9.95. The lowest BCUT2D eigenvalue weighted by Crippen LogP contribution is -2.29. The quantitative estimate of drug-likeness (QED) is 0.0214. The summed E-state index contributed by atoms with van der Waals surface area (Å²) in [6, 6.07) is 29.3. The molecular weight excluding hydrogens is 1100 g/mol. The van der Waals surface area contributed by atoms with Crippen LogP contribution in [0.15, 0.2) is 110 Å². The number of alkyl halides is 1. The molecular formula is C62H70Cl2N16O4. The maximum absolute atomic E-state index is 12.3. The number of benzene rings is 4. The van der Waals surface area contributed by atoms with Crippen LogP contribution in [-0.4, -0.2) is 139 Å². The summed E-state index contributed by atoms with van der Waals surface area (Å²) in [5.74, 6) is 1.84. The highest BCUT2D eigenvalue weighted by Gasteiger charge is 2.29. The summed E-state index contributed by atoms with van der Waals surface area (Å²) in [4.78, 5) is 48.9. The molecule has 4 aromatic heterocycles. The summed E-state index contributed by atoms with van der Waals surface area (Å²) < 4.78 is 16.0. The van der Waals surface area contributed by atoms with Crippen LogP contribution in [0.5, 0.6) is 11.5 Å². The smallest absolute Gasteiger partial charge is 0.247 e. The van der Waals surface area contributed by atoms with E-state index in [0.717, 1.165) is 83.3 Å². The summed E-state index contributed by atoms with van der Waals surface area (Å²) in [6.45, 7) is 6.87. The van der Waals surface area contributed by atoms with E-state index in [1.807, 2.05) is 84.8 Å². The lowest BCUT2D eigenvalue weighted by atomic mass is 10.1. The SMILES string of the molecule is C=CC(=O)Nc1cc(Nc2ncc(C#N)c(-c3cn(C4CC4)c4ccccc34)n2)c(OC)cc1N(C)CCN(C)C.COc1cc(N(C)CCN(C)C)c(N)cc1Nc1ncc(C#N)c(-c2cn(C3CC3)c3ccccc23)n1.O=C(Cl)CCCl. The number of nitriles is 2. The number of nitrogens with one attached hydrogen (secondary N) is 3. The Morgan fingerprint density at radius 2 is 1.15 bits per heavy atom. The Morgan fingerprint density at radius 1 is 0.702 bits per heavy atom. The predicted octanol–water partition coefficient (Wildman–Crippen LogP) is 11.2. The van der Waals surface area contributed by atoms with Crippen LogP contribution >= 0.6 is 23.2 Å². The molecule has 0 spiro atoms. The number of para-hydroxylation sites is 2. The van der Waals surface area contributed by atoms with Crippen molar-refractivity contribution in [3.05, 3.63) is 121 Å². The molecule has 5 N–H and O–H groups in total. The molecule has 4 heterocycles. The molecule has 84 heavy (non-hydrogen) atoms. The third-order valence-corrected chi connectivity index (χ3v) is 14.5. The fourth-order valence-corrected chi connectivity index (χ4v) is 9.79. The van der Waals surface area contributed by atoms with Crippen molar-refractivity contribution in [2.45, 2.75) is 44.2 Å². The number of fused-ring (bicyclic) bond motifs is 2. The summed E-state index contributed by atoms with van der Waals surface area (Å²) in [7, 11) is 15.3. The first-order valence-electron chi connectivity index (χ1n) is 27.4. The molecule has 4 aromatic carbocycles. The number of hydrogen-bond donors (Lipinski definition) is 4. The standard InChI is InChI=1S/C31H34N8O2.C28H32N8O.C3H4Cl2O/c1-6-29(40)34-24-15-25(28(41-5)16-27(24)38(4)14-13-37(2)3)35-31-33-18-20(17-32)30(36-31)23-19-39(21-11-12-21)26-10-8-7-9-22(23)26;1-34(2)11-12-35(3)25-14-26(37-4)23(13-22(25)30)32-28-31-16-18(15-29)27(33-28)21-17-36(19-9-10-19)24-8-6-5-7-20(21)24;4-2-1-3(5)6/h6-10,15-16,18-19,21H,1,11-14H2,2-5H3,(H,34,40)(H,33,35,36);5-8,13-14,16-17,19H,9-12,30H2,1-4H3,(H,31,32,33);1-2H2. The number of likely N-dealkylation sites (N-methyl/N-ethyl adjacent to an activating group) is 4. The van der Waals surface area contributed by atoms with Gasteiger partial charge in [-0.3, -0.25) is 9.59 Å². The number of ether oxygens (including phenoxy) is 2. The number of methoxy groups -OCH3 is 2. The van der Waals surface area contributed by atoms with E-state index in [1.165, 1.54) is 25.1 Å². The van der Waals surface area contributed by atoms with Crippen LogP contribution in [0.4, 0.5) is 46.0 Å². The highest BCUT2D eigenvalue weighted by molar-refractivity contribution is 6.63. The Morgan fingerprint density at radius 3 is 1.56 bits per heavy atom. The summed E-state index contributed by atoms with van der Waals surface area (Å²) in [5.41, 5.74) is 16.6. The molecule has 2 saturated carbocycles. The van der Waals surface area contributed by atoms with Crippen LogP contribution in [0, 0.1) is 22.7 Å². The molecule has 0 aliphatic heterocycles. The van der Waals surface area contributed by atoms with Gasteiger partial charge in [-0.2, -0.15) is 10.5 Å². The second kappa shape index (κ2) is 27.9. The number of hydrogen-bond acceptors (Lipinski definition) is 17. The topological polar surface area (TPSA) is 237 Å². The van der Waals surface area contributed by atoms with Crippen molar-refractivity contribution >= 4 is 102 Å². The second-order valence-corrected chi connectivity index (χ2v) is 21.7. The molecule has 20 nitrogen and oxygen atoms in total. The van der Waals surface area contributed by atoms with Crippen molar-refractivity contribution in [1.82, 2.24) is 38.9 Å². The van der Waals surface area contributed by atoms with Crippen molar-refractivity contribution in [1.29, 1.82) is 10.5 Å². The van der Waals surface area contributed by atoms with Crippen LogP contribution in [-0.2, 0) is 9.59 Å². The average molecular weight is 1170 g/mol. The molecule has 22 heteroatoms. The monoisotopic (exact) mass is 1170 g/mol. The molecule has 0 radical (unpaired) electrons. The maximum Gasteiger partial charge on any atom is 0.247 e. The normalized spacial score (nSPS) is 12.5. The van der Waals surface area contributed by atoms with Gasteiger partial charge in [-0.05, 0) is 95.8 Å². The van der Waals surface area contributed by atoms with Gasteiger partial charge in [0, 0.05) is 122 Å². The fraction of sp³-hybridized carbons (Fsp3) is 0.323. The molecule has 2 aliphatic carbocycles. The maximum atomic E-state index is 12.3. The number of amides is 1. The lowest BCUT2D eigenvalue weighted by Gasteiger charge is -2.26. The van der Waals surface area contributed by atoms with Gasteiger partial charge < -0.3 is 59.9 Å². The summed E-state index contributed by atoms with van der Waals surface area (Å²) in [6.07, 6.45) is 13.4. The van der Waals surface area contributed by atoms with Gasteiger partial charge in [-0.25, -0.2) is 19.9 Å². The minimum Gasteiger partial charge on any atom is -0.494 e. The van der Waals surface area contributed by atoms with Gasteiger partial charge in [-0.15, -0.1) is 11.6 Å². The number of nitrogen functional groups attached to an aromatic ring is 1. The van der Waals surface area contributed by atoms with E-state index < -0.39 is 0 Å². The van der Waals surface area contributed by atoms with E-state index in [1.54, 1.807) is 26.5 Å². The Bertz CT molecular complexity index is 3760. The van der Waals surface area contributed by atoms with E-state index >= 15 is 0 Å². The number of rotatable bonds is 22. The Kier molecular flexibility index (Phi) is 20.3. The summed E-state index contributed by atoms with van der Waals surface area (Å²) in [5, 5.41) is 30.9. The molecule has 0 bridgehead atoms. The Hall–Kier alpha value is -8.92. The highest BCUT2D eigenvalue weighted by atomic mass is 35.5. The largest absolute Gasteiger partial charge is 0.494 e. The van der Waals surface area contributed by atoms with Crippen LogP contribution in [0.1, 0.15) is 55.3 Å². The molecule has 8 aromatic rings. The fourth-order valence-electron chi connectivity index (χ4n) is 9.43. The van der Waals surface area contributed by atoms with Crippen molar-refractivity contribution in [3.8, 4) is 46.2 Å². The zero-order valence-electron chi connectivity index (χ0n) is 48.6. The number of nitrogens with two attached hydrogens (primary N) is 1. The molecule has 2 fully saturated rings. The van der Waals surface area contributed by atoms with Crippen molar-refractivity contribution in [2.75, 3.05) is 120 Å². The third-order valence-electron chi connectivity index (χ3n) is 14.2. The third kappa shape index (κ3) is 14.8. The number of nitrogens with zero attached hydrogens (tertiary/aromatic N) is 12. The van der Waals surface area contributed by atoms with E-state index in [-0.39, 0.29) is 17.6 Å². The molecule has 2 aliphatic rings. The zero-order chi connectivity index (χ0) is 60.2. The van der Waals surface area contributed by atoms with Crippen molar-refractivity contribution < 1.29 is 19.1 Å². The first-order valence-corrected chi connectivity index (χ1v) is 28.3. The number of anilines is 8. The van der Waals surface area contributed by atoms with E-state index in [9.17, 15) is 20.1 Å². The van der Waals surface area contributed by atoms with Crippen LogP contribution in [0.3, 0.4) is 0 Å². The van der Waals surface area contributed by atoms with Gasteiger partial charge in [0.2, 0.25) is 23.0 Å². The number of aromatic nitrogens is 6. The van der Waals surface area contributed by atoms with Crippen LogP contribution in [0.2, 0.25) is 0 Å². The van der Waals surface area contributed by atoms with Gasteiger partial charge >= 0.3 is 0 Å².